The van der Waals surface area contributed by atoms with Gasteiger partial charge in [0.15, 0.2) is 0 Å². The maximum atomic E-state index is 12.9. The average molecular weight is 361 g/mol. The molecule has 1 aliphatic rings. The van der Waals surface area contributed by atoms with Crippen LogP contribution in [0, 0.1) is 6.92 Å². The molecule has 0 amide bonds. The molecule has 0 aliphatic carbocycles. The quantitative estimate of drug-likeness (QED) is 0.832. The number of sulfonamides is 1. The molecule has 0 saturated carbocycles. The van der Waals surface area contributed by atoms with Gasteiger partial charge in [0, 0.05) is 18.5 Å². The van der Waals surface area contributed by atoms with Crippen molar-refractivity contribution in [1.82, 2.24) is 9.46 Å². The first-order valence-corrected chi connectivity index (χ1v) is 9.80. The molecule has 1 unspecified atom stereocenters. The second kappa shape index (κ2) is 5.96. The summed E-state index contributed by atoms with van der Waals surface area (Å²) in [4.78, 5) is 0. The van der Waals surface area contributed by atoms with Crippen molar-refractivity contribution < 1.29 is 12.9 Å². The number of aromatic nitrogens is 1. The summed E-state index contributed by atoms with van der Waals surface area (Å²) in [5.74, 6) is 0.772. The molecule has 120 valence electrons. The van der Waals surface area contributed by atoms with Crippen molar-refractivity contribution in [2.45, 2.75) is 43.4 Å². The van der Waals surface area contributed by atoms with Gasteiger partial charge in [-0.3, -0.25) is 0 Å². The maximum Gasteiger partial charge on any atom is 0.253 e. The van der Waals surface area contributed by atoms with Gasteiger partial charge in [-0.15, -0.1) is 11.3 Å². The molecule has 0 radical (unpaired) electrons. The van der Waals surface area contributed by atoms with E-state index in [0.717, 1.165) is 41.2 Å². The molecule has 2 aromatic rings. The Labute approximate surface area is 138 Å². The van der Waals surface area contributed by atoms with Crippen molar-refractivity contribution in [2.75, 3.05) is 6.54 Å². The highest BCUT2D eigenvalue weighted by molar-refractivity contribution is 7.91. The van der Waals surface area contributed by atoms with Crippen LogP contribution in [0.2, 0.25) is 4.34 Å². The van der Waals surface area contributed by atoms with Crippen LogP contribution in [0.5, 0.6) is 0 Å². The predicted molar refractivity (Wildman–Crippen MR) is 85.8 cm³/mol. The molecule has 22 heavy (non-hydrogen) atoms. The molecule has 1 atom stereocenters. The molecule has 0 N–H and O–H groups in total. The largest absolute Gasteiger partial charge is 0.361 e. The number of halogens is 1. The lowest BCUT2D eigenvalue weighted by Crippen LogP contribution is -2.30. The van der Waals surface area contributed by atoms with E-state index in [0.29, 0.717) is 17.3 Å². The lowest BCUT2D eigenvalue weighted by Gasteiger charge is -2.23. The Bertz CT molecular complexity index is 782. The second-order valence-corrected chi connectivity index (χ2v) is 9.12. The molecule has 0 spiro atoms. The fraction of sp³-hybridized carbons (Fsp3) is 0.500. The van der Waals surface area contributed by atoms with Crippen LogP contribution in [0.1, 0.15) is 42.8 Å². The Morgan fingerprint density at radius 1 is 1.50 bits per heavy atom. The molecule has 3 heterocycles. The van der Waals surface area contributed by atoms with Gasteiger partial charge in [0.05, 0.1) is 16.1 Å². The lowest BCUT2D eigenvalue weighted by atomic mass is 10.0. The van der Waals surface area contributed by atoms with Crippen LogP contribution in [0.3, 0.4) is 0 Å². The van der Waals surface area contributed by atoms with Crippen molar-refractivity contribution in [1.29, 1.82) is 0 Å². The number of aryl methyl sites for hydroxylation is 2. The normalized spacial score (nSPS) is 19.9. The van der Waals surface area contributed by atoms with Crippen molar-refractivity contribution in [3.63, 3.8) is 0 Å². The first-order valence-electron chi connectivity index (χ1n) is 7.17. The van der Waals surface area contributed by atoms with Gasteiger partial charge in [-0.1, -0.05) is 23.7 Å². The van der Waals surface area contributed by atoms with Gasteiger partial charge in [-0.05, 0) is 31.9 Å². The fourth-order valence-corrected chi connectivity index (χ4v) is 6.25. The van der Waals surface area contributed by atoms with Crippen LogP contribution in [0.25, 0.3) is 0 Å². The maximum absolute atomic E-state index is 12.9. The van der Waals surface area contributed by atoms with E-state index in [9.17, 15) is 8.42 Å². The Hall–Kier alpha value is -0.890. The third-order valence-corrected chi connectivity index (χ3v) is 7.56. The highest BCUT2D eigenvalue weighted by atomic mass is 35.5. The van der Waals surface area contributed by atoms with Crippen LogP contribution in [0.15, 0.2) is 20.9 Å². The summed E-state index contributed by atoms with van der Waals surface area (Å²) in [6.45, 7) is 4.36. The van der Waals surface area contributed by atoms with E-state index in [4.69, 9.17) is 16.1 Å². The molecular weight excluding hydrogens is 344 g/mol. The van der Waals surface area contributed by atoms with Crippen LogP contribution in [0.4, 0.5) is 0 Å². The van der Waals surface area contributed by atoms with Gasteiger partial charge in [0.2, 0.25) is 0 Å². The minimum absolute atomic E-state index is 0.202. The first kappa shape index (κ1) is 16.0. The summed E-state index contributed by atoms with van der Waals surface area (Å²) in [6, 6.07) is 2.98. The Balaban J connectivity index is 2.02. The molecule has 0 aromatic carbocycles. The Morgan fingerprint density at radius 2 is 2.27 bits per heavy atom. The zero-order chi connectivity index (χ0) is 15.9. The number of hydrogen-bond donors (Lipinski definition) is 0. The highest BCUT2D eigenvalue weighted by Gasteiger charge is 2.39. The molecule has 8 heteroatoms. The summed E-state index contributed by atoms with van der Waals surface area (Å²) in [6.07, 6.45) is 2.32. The topological polar surface area (TPSA) is 63.4 Å². The van der Waals surface area contributed by atoms with Crippen LogP contribution in [-0.2, 0) is 16.4 Å². The van der Waals surface area contributed by atoms with Crippen LogP contribution < -0.4 is 0 Å². The molecular formula is C14H17ClN2O3S2. The fourth-order valence-electron chi connectivity index (χ4n) is 2.97. The second-order valence-electron chi connectivity index (χ2n) is 5.29. The average Bonchev–Trinajstić information content (AvgIpc) is 3.17. The van der Waals surface area contributed by atoms with E-state index in [1.165, 1.54) is 0 Å². The number of hydrogen-bond acceptors (Lipinski definition) is 5. The van der Waals surface area contributed by atoms with Gasteiger partial charge in [0.25, 0.3) is 10.0 Å². The molecule has 5 nitrogen and oxygen atoms in total. The molecule has 1 aliphatic heterocycles. The lowest BCUT2D eigenvalue weighted by molar-refractivity contribution is 0.368. The standard InChI is InChI=1S/C14H17ClN2O3S2/c1-3-11-14(9(2)16-20-11)10-5-4-8-17(10)22(18,19)13-7-6-12(15)21-13/h6-7,10H,3-5,8H2,1-2H3. The Kier molecular flexibility index (Phi) is 4.33. The molecule has 0 bridgehead atoms. The van der Waals surface area contributed by atoms with Crippen molar-refractivity contribution in [3.8, 4) is 0 Å². The first-order chi connectivity index (χ1) is 10.4. The van der Waals surface area contributed by atoms with E-state index in [1.54, 1.807) is 16.4 Å². The Morgan fingerprint density at radius 3 is 2.91 bits per heavy atom. The summed E-state index contributed by atoms with van der Waals surface area (Å²) in [5.41, 5.74) is 1.69. The minimum atomic E-state index is -3.54. The van der Waals surface area contributed by atoms with Crippen molar-refractivity contribution >= 4 is 33.0 Å². The molecule has 3 rings (SSSR count). The van der Waals surface area contributed by atoms with Crippen molar-refractivity contribution in [3.05, 3.63) is 33.5 Å². The molecule has 1 fully saturated rings. The highest BCUT2D eigenvalue weighted by Crippen LogP contribution is 2.41. The monoisotopic (exact) mass is 360 g/mol. The van der Waals surface area contributed by atoms with E-state index < -0.39 is 10.0 Å². The number of thiophene rings is 1. The molecule has 2 aromatic heterocycles. The zero-order valence-electron chi connectivity index (χ0n) is 12.4. The summed E-state index contributed by atoms with van der Waals surface area (Å²) in [7, 11) is -3.54. The zero-order valence-corrected chi connectivity index (χ0v) is 14.8. The van der Waals surface area contributed by atoms with E-state index in [1.807, 2.05) is 13.8 Å². The van der Waals surface area contributed by atoms with Gasteiger partial charge in [0.1, 0.15) is 9.97 Å². The summed E-state index contributed by atoms with van der Waals surface area (Å²) >= 11 is 6.98. The van der Waals surface area contributed by atoms with Gasteiger partial charge >= 0.3 is 0 Å². The van der Waals surface area contributed by atoms with Gasteiger partial charge in [-0.25, -0.2) is 8.42 Å². The third-order valence-electron chi connectivity index (χ3n) is 3.95. The minimum Gasteiger partial charge on any atom is -0.361 e. The smallest absolute Gasteiger partial charge is 0.253 e. The van der Waals surface area contributed by atoms with E-state index in [2.05, 4.69) is 5.16 Å². The van der Waals surface area contributed by atoms with Gasteiger partial charge in [-0.2, -0.15) is 4.31 Å². The van der Waals surface area contributed by atoms with Crippen molar-refractivity contribution in [2.24, 2.45) is 0 Å². The number of nitrogens with zero attached hydrogens (tertiary/aromatic N) is 2. The summed E-state index contributed by atoms with van der Waals surface area (Å²) < 4.78 is 33.4. The van der Waals surface area contributed by atoms with Crippen LogP contribution >= 0.6 is 22.9 Å². The van der Waals surface area contributed by atoms with E-state index in [-0.39, 0.29) is 10.3 Å². The SMILES string of the molecule is CCc1onc(C)c1C1CCCN1S(=O)(=O)c1ccc(Cl)s1. The predicted octanol–water partition coefficient (Wildman–Crippen LogP) is 3.79. The molecule has 1 saturated heterocycles. The number of rotatable bonds is 4. The van der Waals surface area contributed by atoms with Gasteiger partial charge < -0.3 is 4.52 Å². The van der Waals surface area contributed by atoms with Crippen LogP contribution in [-0.4, -0.2) is 24.4 Å². The third kappa shape index (κ3) is 2.60. The van der Waals surface area contributed by atoms with E-state index >= 15 is 0 Å². The summed E-state index contributed by atoms with van der Waals surface area (Å²) in [5, 5.41) is 4.01.